The zero-order valence-corrected chi connectivity index (χ0v) is 11.9. The van der Waals surface area contributed by atoms with E-state index in [1.54, 1.807) is 56.3 Å². The van der Waals surface area contributed by atoms with Gasteiger partial charge in [0.2, 0.25) is 0 Å². The zero-order valence-electron chi connectivity index (χ0n) is 11.0. The first-order valence-corrected chi connectivity index (χ1v) is 6.47. The Kier molecular flexibility index (Phi) is 6.10. The quantitative estimate of drug-likeness (QED) is 0.549. The molecule has 0 aliphatic carbocycles. The molecule has 0 atom stereocenters. The van der Waals surface area contributed by atoms with E-state index in [0.717, 1.165) is 0 Å². The predicted molar refractivity (Wildman–Crippen MR) is 62.4 cm³/mol. The molecule has 9 heteroatoms. The third-order valence-electron chi connectivity index (χ3n) is 2.05. The second kappa shape index (κ2) is 6.15. The molecule has 0 aromatic carbocycles. The molecule has 0 heterocycles. The van der Waals surface area contributed by atoms with E-state index < -0.39 is 20.3 Å². The topological polar surface area (TPSA) is 31.3 Å². The summed E-state index contributed by atoms with van der Waals surface area (Å²) < 4.78 is 42.5. The Labute approximate surface area is 100 Å². The summed E-state index contributed by atoms with van der Waals surface area (Å²) in [5.74, 6) is 0. The molecule has 0 aliphatic rings. The molecule has 0 aliphatic heterocycles. The van der Waals surface area contributed by atoms with Crippen LogP contribution in [0.2, 0.25) is 0 Å². The van der Waals surface area contributed by atoms with Crippen LogP contribution in [0.5, 0.6) is 0 Å². The Bertz CT molecular complexity index is 268. The summed E-state index contributed by atoms with van der Waals surface area (Å²) in [6.07, 6.45) is -3.88. The molecule has 0 bridgehead atoms. The highest BCUT2D eigenvalue weighted by Crippen LogP contribution is 2.55. The maximum atomic E-state index is 12.7. The van der Waals surface area contributed by atoms with Gasteiger partial charge < -0.3 is 0 Å². The number of hydrogen-bond donors (Lipinski definition) is 0. The highest BCUT2D eigenvalue weighted by Gasteiger charge is 2.35. The average Bonchev–Trinajstić information content (AvgIpc) is 2.16. The lowest BCUT2D eigenvalue weighted by Gasteiger charge is -2.40. The Morgan fingerprint density at radius 1 is 1.00 bits per heavy atom. The van der Waals surface area contributed by atoms with Gasteiger partial charge in [-0.1, -0.05) is 0 Å². The molecule has 0 aromatic heterocycles. The third kappa shape index (κ3) is 3.93. The van der Waals surface area contributed by atoms with Gasteiger partial charge in [0, 0.05) is 0 Å². The molecular formula is C8H20F3N4OP. The molecule has 0 saturated heterocycles. The van der Waals surface area contributed by atoms with E-state index in [4.69, 9.17) is 0 Å². The smallest absolute Gasteiger partial charge is 0.250 e. The van der Waals surface area contributed by atoms with Crippen LogP contribution in [0.1, 0.15) is 0 Å². The number of alkyl halides is 3. The summed E-state index contributed by atoms with van der Waals surface area (Å²) >= 11 is 0. The van der Waals surface area contributed by atoms with Crippen LogP contribution < -0.4 is 0 Å². The van der Waals surface area contributed by atoms with Gasteiger partial charge in [-0.2, -0.15) is 13.6 Å². The molecule has 0 aromatic rings. The Morgan fingerprint density at radius 2 is 1.35 bits per heavy atom. The first-order chi connectivity index (χ1) is 7.60. The van der Waals surface area contributed by atoms with Crippen LogP contribution in [0.15, 0.2) is 4.91 Å². The highest BCUT2D eigenvalue weighted by molar-refractivity contribution is 7.58. The monoisotopic (exact) mass is 276 g/mol. The van der Waals surface area contributed by atoms with Crippen molar-refractivity contribution in [3.05, 3.63) is 0 Å². The van der Waals surface area contributed by atoms with Crippen molar-refractivity contribution in [1.82, 2.24) is 14.0 Å². The fourth-order valence-electron chi connectivity index (χ4n) is 1.43. The minimum atomic E-state index is -3.88. The summed E-state index contributed by atoms with van der Waals surface area (Å²) in [4.78, 5) is 7.66. The van der Waals surface area contributed by atoms with Crippen LogP contribution in [0.4, 0.5) is 13.2 Å². The summed E-state index contributed by atoms with van der Waals surface area (Å²) in [6, 6.07) is 0. The number of hydrogen-bond acceptors (Lipinski definition) is 2. The normalized spacial score (nSPS) is 13.9. The SMILES string of the molecule is CN(C)P(=NOC(F)(F)CF)(N(C)C)N(C)C. The minimum absolute atomic E-state index is 1.68. The van der Waals surface area contributed by atoms with E-state index in [-0.39, 0.29) is 0 Å². The molecule has 5 nitrogen and oxygen atoms in total. The number of rotatable bonds is 6. The second-order valence-electron chi connectivity index (χ2n) is 4.02. The van der Waals surface area contributed by atoms with E-state index in [0.29, 0.717) is 0 Å². The van der Waals surface area contributed by atoms with Gasteiger partial charge in [0.05, 0.1) is 0 Å². The standard InChI is InChI=1S/C8H20F3N4OP/c1-13(2)17(14(3)4,15(5)6)12-16-8(10,11)7-9/h7H2,1-6H3. The molecular weight excluding hydrogens is 256 g/mol. The van der Waals surface area contributed by atoms with Crippen LogP contribution in [-0.4, -0.2) is 69.1 Å². The van der Waals surface area contributed by atoms with Crippen LogP contribution in [-0.2, 0) is 4.84 Å². The summed E-state index contributed by atoms with van der Waals surface area (Å²) in [6.45, 7) is -1.90. The number of halogens is 3. The molecule has 0 amide bonds. The Morgan fingerprint density at radius 3 is 1.59 bits per heavy atom. The summed E-state index contributed by atoms with van der Waals surface area (Å²) in [7, 11) is 7.65. The van der Waals surface area contributed by atoms with Crippen molar-refractivity contribution in [3.8, 4) is 0 Å². The van der Waals surface area contributed by atoms with Crippen LogP contribution in [0, 0.1) is 0 Å². The molecule has 0 rings (SSSR count). The molecule has 17 heavy (non-hydrogen) atoms. The minimum Gasteiger partial charge on any atom is -0.250 e. The van der Waals surface area contributed by atoms with Crippen molar-refractivity contribution in [2.75, 3.05) is 49.0 Å². The van der Waals surface area contributed by atoms with E-state index >= 15 is 0 Å². The van der Waals surface area contributed by atoms with Crippen LogP contribution in [0.25, 0.3) is 0 Å². The Balaban J connectivity index is 5.38. The molecule has 0 saturated carbocycles. The largest absolute Gasteiger partial charge is 0.405 e. The average molecular weight is 276 g/mol. The molecule has 0 spiro atoms. The van der Waals surface area contributed by atoms with Gasteiger partial charge in [0.1, 0.15) is 0 Å². The van der Waals surface area contributed by atoms with Crippen LogP contribution in [0.3, 0.4) is 0 Å². The van der Waals surface area contributed by atoms with E-state index in [1.807, 2.05) is 0 Å². The molecule has 0 radical (unpaired) electrons. The molecule has 0 fully saturated rings. The van der Waals surface area contributed by atoms with Gasteiger partial charge in [0.15, 0.2) is 14.2 Å². The first-order valence-electron chi connectivity index (χ1n) is 4.87. The van der Waals surface area contributed by atoms with Crippen molar-refractivity contribution < 1.29 is 18.0 Å². The van der Waals surface area contributed by atoms with E-state index in [2.05, 4.69) is 9.75 Å². The lowest BCUT2D eigenvalue weighted by Crippen LogP contribution is -2.32. The van der Waals surface area contributed by atoms with Crippen LogP contribution >= 0.6 is 7.51 Å². The van der Waals surface area contributed by atoms with Crippen molar-refractivity contribution in [2.24, 2.45) is 4.91 Å². The van der Waals surface area contributed by atoms with Crippen molar-refractivity contribution in [3.63, 3.8) is 0 Å². The zero-order chi connectivity index (χ0) is 13.9. The van der Waals surface area contributed by atoms with Gasteiger partial charge in [-0.05, 0) is 42.3 Å². The molecule has 104 valence electrons. The third-order valence-corrected chi connectivity index (χ3v) is 5.57. The fraction of sp³-hybridized carbons (Fsp3) is 1.00. The van der Waals surface area contributed by atoms with Gasteiger partial charge in [-0.3, -0.25) is 14.0 Å². The van der Waals surface area contributed by atoms with Gasteiger partial charge in [-0.25, -0.2) is 4.39 Å². The van der Waals surface area contributed by atoms with E-state index in [1.165, 1.54) is 0 Å². The highest BCUT2D eigenvalue weighted by atomic mass is 31.2. The predicted octanol–water partition coefficient (Wildman–Crippen LogP) is 2.11. The Hall–Kier alpha value is -0.140. The molecule has 0 unspecified atom stereocenters. The second-order valence-corrected chi connectivity index (χ2v) is 7.66. The van der Waals surface area contributed by atoms with Gasteiger partial charge in [-0.15, -0.1) is 4.91 Å². The number of nitrogens with zero attached hydrogens (tertiary/aromatic N) is 4. The molecule has 0 N–H and O–H groups in total. The first kappa shape index (κ1) is 16.9. The summed E-state index contributed by atoms with van der Waals surface area (Å²) in [5.41, 5.74) is 0. The lowest BCUT2D eigenvalue weighted by molar-refractivity contribution is -0.246. The van der Waals surface area contributed by atoms with Crippen molar-refractivity contribution >= 4 is 7.51 Å². The lowest BCUT2D eigenvalue weighted by atomic mass is 10.7. The summed E-state index contributed by atoms with van der Waals surface area (Å²) in [5, 5.41) is 0. The van der Waals surface area contributed by atoms with Crippen molar-refractivity contribution in [1.29, 1.82) is 0 Å². The van der Waals surface area contributed by atoms with Gasteiger partial charge in [0.25, 0.3) is 0 Å². The maximum Gasteiger partial charge on any atom is 0.405 e. The van der Waals surface area contributed by atoms with Gasteiger partial charge >= 0.3 is 6.11 Å². The van der Waals surface area contributed by atoms with E-state index in [9.17, 15) is 13.2 Å². The fourth-order valence-corrected chi connectivity index (χ4v) is 4.25. The maximum absolute atomic E-state index is 12.7. The van der Waals surface area contributed by atoms with Crippen molar-refractivity contribution in [2.45, 2.75) is 6.11 Å².